The van der Waals surface area contributed by atoms with Crippen LogP contribution in [0.2, 0.25) is 0 Å². The zero-order valence-corrected chi connectivity index (χ0v) is 12.6. The molecule has 8 heteroatoms. The van der Waals surface area contributed by atoms with Gasteiger partial charge in [-0.3, -0.25) is 4.79 Å². The molecule has 2 aromatic rings. The molecular formula is C12H14N4O2S2. The predicted octanol–water partition coefficient (Wildman–Crippen LogP) is 1.82. The predicted molar refractivity (Wildman–Crippen MR) is 77.9 cm³/mol. The molecule has 1 N–H and O–H groups in total. The van der Waals surface area contributed by atoms with Crippen LogP contribution in [0.5, 0.6) is 0 Å². The number of amides is 1. The summed E-state index contributed by atoms with van der Waals surface area (Å²) < 4.78 is 5.46. The van der Waals surface area contributed by atoms with Gasteiger partial charge in [0.15, 0.2) is 0 Å². The maximum atomic E-state index is 11.4. The van der Waals surface area contributed by atoms with Crippen molar-refractivity contribution in [2.75, 3.05) is 12.3 Å². The van der Waals surface area contributed by atoms with Crippen molar-refractivity contribution in [2.24, 2.45) is 0 Å². The number of hydrogen-bond donors (Lipinski definition) is 1. The summed E-state index contributed by atoms with van der Waals surface area (Å²) in [5.74, 6) is 0.653. The number of carbonyl (C=O) groups excluding carboxylic acids is 1. The largest absolute Gasteiger partial charge is 0.416 e. The van der Waals surface area contributed by atoms with Crippen LogP contribution in [0.4, 0.5) is 0 Å². The second-order valence-electron chi connectivity index (χ2n) is 3.88. The SMILES string of the molecule is C=CCNC(=O)CSc1nnc(Cc2csc(C)n2)o1. The lowest BCUT2D eigenvalue weighted by Crippen LogP contribution is -2.24. The first-order valence-corrected chi connectivity index (χ1v) is 7.77. The maximum Gasteiger partial charge on any atom is 0.277 e. The number of hydrogen-bond acceptors (Lipinski definition) is 7. The van der Waals surface area contributed by atoms with Gasteiger partial charge in [0.05, 0.1) is 22.9 Å². The van der Waals surface area contributed by atoms with Gasteiger partial charge in [-0.05, 0) is 6.92 Å². The number of nitrogens with zero attached hydrogens (tertiary/aromatic N) is 3. The lowest BCUT2D eigenvalue weighted by Gasteiger charge is -1.98. The molecule has 20 heavy (non-hydrogen) atoms. The van der Waals surface area contributed by atoms with E-state index in [1.165, 1.54) is 11.8 Å². The normalized spacial score (nSPS) is 10.4. The fourth-order valence-corrected chi connectivity index (χ4v) is 2.60. The van der Waals surface area contributed by atoms with Crippen molar-refractivity contribution >= 4 is 29.0 Å². The quantitative estimate of drug-likeness (QED) is 0.620. The van der Waals surface area contributed by atoms with Gasteiger partial charge in [0.25, 0.3) is 5.22 Å². The number of rotatable bonds is 7. The van der Waals surface area contributed by atoms with E-state index in [4.69, 9.17) is 4.42 Å². The first-order valence-electron chi connectivity index (χ1n) is 5.91. The highest BCUT2D eigenvalue weighted by atomic mass is 32.2. The Kier molecular flexibility index (Phi) is 5.31. The van der Waals surface area contributed by atoms with Crippen LogP contribution < -0.4 is 5.32 Å². The van der Waals surface area contributed by atoms with Crippen molar-refractivity contribution in [1.29, 1.82) is 0 Å². The van der Waals surface area contributed by atoms with Crippen molar-refractivity contribution in [3.05, 3.63) is 34.6 Å². The molecule has 0 aromatic carbocycles. The summed E-state index contributed by atoms with van der Waals surface area (Å²) in [6, 6.07) is 0. The van der Waals surface area contributed by atoms with E-state index in [0.29, 0.717) is 24.1 Å². The van der Waals surface area contributed by atoms with Gasteiger partial charge >= 0.3 is 0 Å². The van der Waals surface area contributed by atoms with E-state index < -0.39 is 0 Å². The summed E-state index contributed by atoms with van der Waals surface area (Å²) in [6.45, 7) is 5.93. The Bertz CT molecular complexity index is 594. The molecule has 0 aliphatic heterocycles. The summed E-state index contributed by atoms with van der Waals surface area (Å²) in [5.41, 5.74) is 0.913. The lowest BCUT2D eigenvalue weighted by molar-refractivity contribution is -0.118. The minimum atomic E-state index is -0.0928. The van der Waals surface area contributed by atoms with Gasteiger partial charge in [-0.25, -0.2) is 4.98 Å². The zero-order chi connectivity index (χ0) is 14.4. The standard InChI is InChI=1S/C12H14N4O2S2/c1-3-4-13-10(17)7-20-12-16-15-11(18-12)5-9-6-19-8(2)14-9/h3,6H,1,4-5,7H2,2H3,(H,13,17). The highest BCUT2D eigenvalue weighted by molar-refractivity contribution is 7.99. The van der Waals surface area contributed by atoms with E-state index in [2.05, 4.69) is 27.1 Å². The Morgan fingerprint density at radius 2 is 2.45 bits per heavy atom. The molecule has 106 valence electrons. The van der Waals surface area contributed by atoms with Gasteiger partial charge in [0, 0.05) is 11.9 Å². The number of carbonyl (C=O) groups is 1. The Balaban J connectivity index is 1.83. The Labute approximate surface area is 124 Å². The topological polar surface area (TPSA) is 80.9 Å². The van der Waals surface area contributed by atoms with Crippen molar-refractivity contribution < 1.29 is 9.21 Å². The second kappa shape index (κ2) is 7.20. The third kappa shape index (κ3) is 4.46. The summed E-state index contributed by atoms with van der Waals surface area (Å²) in [5, 5.41) is 13.9. The Morgan fingerprint density at radius 3 is 3.15 bits per heavy atom. The van der Waals surface area contributed by atoms with Crippen LogP contribution in [0, 0.1) is 6.92 Å². The molecule has 0 radical (unpaired) electrons. The smallest absolute Gasteiger partial charge is 0.277 e. The first-order chi connectivity index (χ1) is 9.67. The van der Waals surface area contributed by atoms with Gasteiger partial charge in [0.1, 0.15) is 0 Å². The summed E-state index contributed by atoms with van der Waals surface area (Å²) >= 11 is 2.80. The molecular weight excluding hydrogens is 296 g/mol. The monoisotopic (exact) mass is 310 g/mol. The Morgan fingerprint density at radius 1 is 1.60 bits per heavy atom. The van der Waals surface area contributed by atoms with E-state index in [9.17, 15) is 4.79 Å². The van der Waals surface area contributed by atoms with Crippen LogP contribution in [0.15, 0.2) is 27.7 Å². The van der Waals surface area contributed by atoms with Gasteiger partial charge < -0.3 is 9.73 Å². The minimum Gasteiger partial charge on any atom is -0.416 e. The van der Waals surface area contributed by atoms with Gasteiger partial charge in [-0.1, -0.05) is 17.8 Å². The van der Waals surface area contributed by atoms with Crippen molar-refractivity contribution in [3.8, 4) is 0 Å². The maximum absolute atomic E-state index is 11.4. The van der Waals surface area contributed by atoms with E-state index in [1.54, 1.807) is 17.4 Å². The molecule has 0 atom stereocenters. The van der Waals surface area contributed by atoms with E-state index in [0.717, 1.165) is 10.7 Å². The van der Waals surface area contributed by atoms with Crippen LogP contribution in [0.25, 0.3) is 0 Å². The molecule has 0 saturated carbocycles. The van der Waals surface area contributed by atoms with E-state index in [1.807, 2.05) is 12.3 Å². The fourth-order valence-electron chi connectivity index (χ4n) is 1.38. The average Bonchev–Trinajstić information content (AvgIpc) is 3.04. The van der Waals surface area contributed by atoms with Crippen molar-refractivity contribution in [1.82, 2.24) is 20.5 Å². The molecule has 0 aliphatic rings. The summed E-state index contributed by atoms with van der Waals surface area (Å²) in [6.07, 6.45) is 2.14. The molecule has 2 aromatic heterocycles. The molecule has 0 fully saturated rings. The molecule has 0 saturated heterocycles. The molecule has 0 bridgehead atoms. The van der Waals surface area contributed by atoms with Crippen LogP contribution in [-0.4, -0.2) is 33.4 Å². The van der Waals surface area contributed by atoms with Crippen molar-refractivity contribution in [3.63, 3.8) is 0 Å². The molecule has 2 rings (SSSR count). The molecule has 0 aliphatic carbocycles. The van der Waals surface area contributed by atoms with Crippen molar-refractivity contribution in [2.45, 2.75) is 18.6 Å². The number of thiazole rings is 1. The zero-order valence-electron chi connectivity index (χ0n) is 11.0. The van der Waals surface area contributed by atoms with Crippen LogP contribution in [0.3, 0.4) is 0 Å². The molecule has 0 unspecified atom stereocenters. The number of aromatic nitrogens is 3. The number of thioether (sulfide) groups is 1. The van der Waals surface area contributed by atoms with E-state index in [-0.39, 0.29) is 11.7 Å². The lowest BCUT2D eigenvalue weighted by atomic mass is 10.3. The molecule has 6 nitrogen and oxygen atoms in total. The van der Waals surface area contributed by atoms with Gasteiger partial charge in [0.2, 0.25) is 11.8 Å². The fraction of sp³-hybridized carbons (Fsp3) is 0.333. The molecule has 0 spiro atoms. The Hall–Kier alpha value is -1.67. The average molecular weight is 310 g/mol. The second-order valence-corrected chi connectivity index (χ2v) is 5.87. The third-order valence-corrected chi connectivity index (χ3v) is 3.86. The first kappa shape index (κ1) is 14.7. The molecule has 2 heterocycles. The van der Waals surface area contributed by atoms with Crippen LogP contribution in [-0.2, 0) is 11.2 Å². The van der Waals surface area contributed by atoms with Crippen LogP contribution >= 0.6 is 23.1 Å². The molecule has 1 amide bonds. The summed E-state index contributed by atoms with van der Waals surface area (Å²) in [7, 11) is 0. The van der Waals surface area contributed by atoms with Crippen LogP contribution in [0.1, 0.15) is 16.6 Å². The number of aryl methyl sites for hydroxylation is 1. The minimum absolute atomic E-state index is 0.0928. The highest BCUT2D eigenvalue weighted by Crippen LogP contribution is 2.18. The van der Waals surface area contributed by atoms with Gasteiger partial charge in [-0.15, -0.1) is 28.1 Å². The van der Waals surface area contributed by atoms with E-state index >= 15 is 0 Å². The summed E-state index contributed by atoms with van der Waals surface area (Å²) in [4.78, 5) is 15.7. The number of nitrogens with one attached hydrogen (secondary N) is 1. The third-order valence-electron chi connectivity index (χ3n) is 2.22. The van der Waals surface area contributed by atoms with Gasteiger partial charge in [-0.2, -0.15) is 0 Å². The highest BCUT2D eigenvalue weighted by Gasteiger charge is 2.11.